The van der Waals surface area contributed by atoms with Gasteiger partial charge in [-0.25, -0.2) is 0 Å². The van der Waals surface area contributed by atoms with Crippen molar-refractivity contribution >= 4 is 29.4 Å². The van der Waals surface area contributed by atoms with Gasteiger partial charge < -0.3 is 9.64 Å². The normalized spacial score (nSPS) is 34.0. The minimum absolute atomic E-state index is 0.0673. The third-order valence-electron chi connectivity index (χ3n) is 9.22. The zero-order chi connectivity index (χ0) is 25.4. The number of amides is 3. The van der Waals surface area contributed by atoms with E-state index in [-0.39, 0.29) is 53.9 Å². The highest BCUT2D eigenvalue weighted by Gasteiger charge is 2.67. The highest BCUT2D eigenvalue weighted by molar-refractivity contribution is 6.22. The predicted molar refractivity (Wildman–Crippen MR) is 134 cm³/mol. The number of likely N-dealkylation sites (tertiary alicyclic amines) is 1. The summed E-state index contributed by atoms with van der Waals surface area (Å²) in [5.74, 6) is 0.0330. The van der Waals surface area contributed by atoms with Crippen molar-refractivity contribution in [2.24, 2.45) is 41.4 Å². The minimum Gasteiger partial charge on any atom is -0.426 e. The second-order valence-electron chi connectivity index (χ2n) is 11.1. The van der Waals surface area contributed by atoms with Crippen LogP contribution < -0.4 is 9.64 Å². The zero-order valence-corrected chi connectivity index (χ0v) is 20.5. The first-order valence-corrected chi connectivity index (χ1v) is 13.1. The second-order valence-corrected chi connectivity index (χ2v) is 11.1. The molecule has 37 heavy (non-hydrogen) atoms. The smallest absolute Gasteiger partial charge is 0.316 e. The van der Waals surface area contributed by atoms with Gasteiger partial charge in [0.05, 0.1) is 29.5 Å². The van der Waals surface area contributed by atoms with E-state index in [0.717, 1.165) is 12.0 Å². The lowest BCUT2D eigenvalue weighted by Gasteiger charge is -2.37. The second kappa shape index (κ2) is 8.13. The summed E-state index contributed by atoms with van der Waals surface area (Å²) in [6, 6.07) is 16.2. The van der Waals surface area contributed by atoms with Crippen LogP contribution in [0.25, 0.3) is 0 Å². The SMILES string of the molecule is C[C@H](c1ccccc1)N1C[C@H](C(=O)Oc2ccc(N3C(=O)[C@@H]4[C@H]5C=C[C@@H]([C@@H]6C[C@H]56)[C@@H]4C3=O)cc2)CC1=O. The topological polar surface area (TPSA) is 84.0 Å². The lowest BCUT2D eigenvalue weighted by atomic mass is 9.63. The van der Waals surface area contributed by atoms with E-state index in [9.17, 15) is 19.2 Å². The van der Waals surface area contributed by atoms with Gasteiger partial charge in [-0.3, -0.25) is 24.1 Å². The van der Waals surface area contributed by atoms with E-state index in [4.69, 9.17) is 4.74 Å². The molecule has 0 N–H and O–H groups in total. The molecule has 2 aliphatic heterocycles. The van der Waals surface area contributed by atoms with Crippen molar-refractivity contribution < 1.29 is 23.9 Å². The lowest BCUT2D eigenvalue weighted by molar-refractivity contribution is -0.139. The number of rotatable bonds is 5. The van der Waals surface area contributed by atoms with Crippen molar-refractivity contribution in [2.45, 2.75) is 25.8 Å². The highest BCUT2D eigenvalue weighted by Crippen LogP contribution is 2.65. The maximum atomic E-state index is 13.3. The summed E-state index contributed by atoms with van der Waals surface area (Å²) in [6.45, 7) is 2.27. The van der Waals surface area contributed by atoms with Gasteiger partial charge in [-0.1, -0.05) is 42.5 Å². The molecule has 8 atom stereocenters. The molecule has 0 radical (unpaired) electrons. The predicted octanol–water partition coefficient (Wildman–Crippen LogP) is 3.76. The van der Waals surface area contributed by atoms with Crippen LogP contribution in [0.15, 0.2) is 66.7 Å². The van der Waals surface area contributed by atoms with E-state index in [2.05, 4.69) is 12.2 Å². The zero-order valence-electron chi connectivity index (χ0n) is 20.5. The van der Waals surface area contributed by atoms with Crippen LogP contribution in [0.4, 0.5) is 5.69 Å². The van der Waals surface area contributed by atoms with Crippen LogP contribution in [0.3, 0.4) is 0 Å². The fourth-order valence-corrected chi connectivity index (χ4v) is 7.25. The minimum atomic E-state index is -0.544. The Labute approximate surface area is 215 Å². The van der Waals surface area contributed by atoms with Crippen molar-refractivity contribution in [3.8, 4) is 5.75 Å². The first kappa shape index (κ1) is 22.5. The summed E-state index contributed by atoms with van der Waals surface area (Å²) in [5, 5.41) is 0. The third kappa shape index (κ3) is 3.40. The first-order chi connectivity index (χ1) is 17.9. The molecule has 4 fully saturated rings. The lowest BCUT2D eigenvalue weighted by Crippen LogP contribution is -2.40. The molecule has 2 aromatic rings. The van der Waals surface area contributed by atoms with E-state index < -0.39 is 11.9 Å². The third-order valence-corrected chi connectivity index (χ3v) is 9.22. The van der Waals surface area contributed by atoms with Crippen LogP contribution >= 0.6 is 0 Å². The maximum absolute atomic E-state index is 13.3. The molecule has 8 rings (SSSR count). The van der Waals surface area contributed by atoms with E-state index in [1.54, 1.807) is 29.2 Å². The van der Waals surface area contributed by atoms with Crippen LogP contribution in [-0.4, -0.2) is 35.1 Å². The number of hydrogen-bond acceptors (Lipinski definition) is 5. The number of ether oxygens (including phenoxy) is 1. The number of anilines is 1. The number of nitrogens with zero attached hydrogens (tertiary/aromatic N) is 2. The molecule has 4 aliphatic carbocycles. The molecule has 7 nitrogen and oxygen atoms in total. The Kier molecular flexibility index (Phi) is 4.94. The molecule has 0 unspecified atom stereocenters. The number of esters is 1. The van der Waals surface area contributed by atoms with E-state index in [1.165, 1.54) is 4.90 Å². The molecule has 2 heterocycles. The van der Waals surface area contributed by atoms with Crippen LogP contribution in [0.1, 0.15) is 31.4 Å². The molecule has 2 aromatic carbocycles. The first-order valence-electron chi connectivity index (χ1n) is 13.1. The van der Waals surface area contributed by atoms with Gasteiger partial charge in [-0.15, -0.1) is 0 Å². The van der Waals surface area contributed by atoms with Gasteiger partial charge in [0, 0.05) is 13.0 Å². The molecule has 188 valence electrons. The Morgan fingerprint density at radius 2 is 1.51 bits per heavy atom. The molecular formula is C30H28N2O5. The number of benzene rings is 2. The molecule has 2 saturated heterocycles. The van der Waals surface area contributed by atoms with Gasteiger partial charge in [-0.2, -0.15) is 0 Å². The van der Waals surface area contributed by atoms with Crippen molar-refractivity contribution in [2.75, 3.05) is 11.4 Å². The van der Waals surface area contributed by atoms with Crippen LogP contribution in [0.2, 0.25) is 0 Å². The standard InChI is InChI=1S/C30H28N2O5/c1-16(17-5-3-2-4-6-17)31-15-18(13-25(31)33)30(36)37-20-9-7-19(8-10-20)32-28(34)26-21-11-12-22(24-14-23(21)24)27(26)29(32)35/h2-12,16,18,21-24,26-27H,13-15H2,1H3/t16-,18-,21+,22+,23-,24+,26-,27+/m1/s1. The number of carbonyl (C=O) groups excluding carboxylic acids is 4. The Morgan fingerprint density at radius 3 is 2.14 bits per heavy atom. The maximum Gasteiger partial charge on any atom is 0.316 e. The quantitative estimate of drug-likeness (QED) is 0.272. The van der Waals surface area contributed by atoms with E-state index in [0.29, 0.717) is 29.8 Å². The van der Waals surface area contributed by atoms with Gasteiger partial charge >= 0.3 is 5.97 Å². The molecule has 7 heteroatoms. The Balaban J connectivity index is 1.02. The number of hydrogen-bond donors (Lipinski definition) is 0. The summed E-state index contributed by atoms with van der Waals surface area (Å²) in [6.07, 6.45) is 5.57. The average molecular weight is 497 g/mol. The fraction of sp³-hybridized carbons (Fsp3) is 0.400. The van der Waals surface area contributed by atoms with Crippen LogP contribution in [0, 0.1) is 41.4 Å². The monoisotopic (exact) mass is 496 g/mol. The summed E-state index contributed by atoms with van der Waals surface area (Å²) in [5.41, 5.74) is 1.53. The number of carbonyl (C=O) groups is 4. The van der Waals surface area contributed by atoms with Gasteiger partial charge in [0.15, 0.2) is 0 Å². The molecule has 3 amide bonds. The summed E-state index contributed by atoms with van der Waals surface area (Å²) >= 11 is 0. The van der Waals surface area contributed by atoms with Gasteiger partial charge in [0.2, 0.25) is 17.7 Å². The molecule has 2 saturated carbocycles. The van der Waals surface area contributed by atoms with Crippen molar-refractivity contribution in [3.63, 3.8) is 0 Å². The highest BCUT2D eigenvalue weighted by atomic mass is 16.5. The largest absolute Gasteiger partial charge is 0.426 e. The average Bonchev–Trinajstić information content (AvgIpc) is 3.60. The van der Waals surface area contributed by atoms with Gasteiger partial charge in [0.25, 0.3) is 0 Å². The van der Waals surface area contributed by atoms with Gasteiger partial charge in [-0.05, 0) is 66.8 Å². The molecule has 0 aromatic heterocycles. The molecule has 0 spiro atoms. The van der Waals surface area contributed by atoms with E-state index >= 15 is 0 Å². The van der Waals surface area contributed by atoms with E-state index in [1.807, 2.05) is 37.3 Å². The van der Waals surface area contributed by atoms with Crippen LogP contribution in [-0.2, 0) is 19.2 Å². The van der Waals surface area contributed by atoms with Crippen molar-refractivity contribution in [3.05, 3.63) is 72.3 Å². The number of imide groups is 1. The Hall–Kier alpha value is -3.74. The summed E-state index contributed by atoms with van der Waals surface area (Å²) < 4.78 is 5.59. The van der Waals surface area contributed by atoms with Crippen molar-refractivity contribution in [1.29, 1.82) is 0 Å². The fourth-order valence-electron chi connectivity index (χ4n) is 7.25. The molecular weight excluding hydrogens is 468 g/mol. The van der Waals surface area contributed by atoms with Gasteiger partial charge in [0.1, 0.15) is 5.75 Å². The Bertz CT molecular complexity index is 1300. The number of allylic oxidation sites excluding steroid dienone is 2. The summed E-state index contributed by atoms with van der Waals surface area (Å²) in [7, 11) is 0. The Morgan fingerprint density at radius 1 is 0.892 bits per heavy atom. The molecule has 6 aliphatic rings. The molecule has 2 bridgehead atoms. The van der Waals surface area contributed by atoms with Crippen LogP contribution in [0.5, 0.6) is 5.75 Å². The summed E-state index contributed by atoms with van der Waals surface area (Å²) in [4.78, 5) is 55.2. The van der Waals surface area contributed by atoms with Crippen molar-refractivity contribution in [1.82, 2.24) is 4.90 Å².